The fourth-order valence-corrected chi connectivity index (χ4v) is 3.43. The van der Waals surface area contributed by atoms with Crippen LogP contribution in [0.4, 0.5) is 11.4 Å². The minimum atomic E-state index is 0.592. The molecule has 0 unspecified atom stereocenters. The maximum atomic E-state index is 6.09. The molecule has 0 saturated carbocycles. The average molecular weight is 314 g/mol. The van der Waals surface area contributed by atoms with Crippen molar-refractivity contribution in [3.8, 4) is 0 Å². The van der Waals surface area contributed by atoms with Gasteiger partial charge in [-0.2, -0.15) is 0 Å². The van der Waals surface area contributed by atoms with E-state index in [-0.39, 0.29) is 0 Å². The molecule has 1 aliphatic heterocycles. The molecule has 0 radical (unpaired) electrons. The van der Waals surface area contributed by atoms with Crippen molar-refractivity contribution >= 4 is 28.5 Å². The quantitative estimate of drug-likeness (QED) is 0.490. The normalized spacial score (nSPS) is 14.4. The lowest BCUT2D eigenvalue weighted by Crippen LogP contribution is -2.24. The van der Waals surface area contributed by atoms with Crippen molar-refractivity contribution in [1.29, 1.82) is 0 Å². The summed E-state index contributed by atoms with van der Waals surface area (Å²) < 4.78 is 0. The zero-order chi connectivity index (χ0) is 15.4. The van der Waals surface area contributed by atoms with Crippen LogP contribution in [0.5, 0.6) is 0 Å². The van der Waals surface area contributed by atoms with E-state index >= 15 is 0 Å². The molecule has 0 spiro atoms. The molecule has 116 valence electrons. The Morgan fingerprint density at radius 2 is 2.32 bits per heavy atom. The summed E-state index contributed by atoms with van der Waals surface area (Å²) in [5, 5.41) is 5.22. The molecular weight excluding hydrogens is 292 g/mol. The molecule has 0 aliphatic carbocycles. The van der Waals surface area contributed by atoms with E-state index in [1.54, 1.807) is 11.3 Å². The molecule has 1 aromatic carbocycles. The summed E-state index contributed by atoms with van der Waals surface area (Å²) in [7, 11) is 2.00. The van der Waals surface area contributed by atoms with E-state index < -0.39 is 0 Å². The highest BCUT2D eigenvalue weighted by Gasteiger charge is 2.18. The van der Waals surface area contributed by atoms with Crippen molar-refractivity contribution in [2.45, 2.75) is 12.8 Å². The van der Waals surface area contributed by atoms with Crippen molar-refractivity contribution in [3.05, 3.63) is 46.2 Å². The van der Waals surface area contributed by atoms with Crippen molar-refractivity contribution in [2.75, 3.05) is 31.6 Å². The van der Waals surface area contributed by atoms with Gasteiger partial charge < -0.3 is 16.0 Å². The van der Waals surface area contributed by atoms with Gasteiger partial charge in [-0.25, -0.2) is 4.99 Å². The number of aliphatic imine (C=N–C) groups is 1. The fourth-order valence-electron chi connectivity index (χ4n) is 2.80. The summed E-state index contributed by atoms with van der Waals surface area (Å²) in [6.45, 7) is 3.24. The maximum Gasteiger partial charge on any atom is 0.141 e. The molecular formula is C17H22N4S. The summed E-state index contributed by atoms with van der Waals surface area (Å²) >= 11 is 1.62. The summed E-state index contributed by atoms with van der Waals surface area (Å²) in [5.74, 6) is 0.592. The third kappa shape index (κ3) is 3.31. The standard InChI is InChI=1S/C17H22N4S/c1-19-8-3-9-21-10-7-13-5-6-14(12-15(13)21)20-17(18)16-4-2-11-22-16/h2,4-6,11-12,19H,3,7-10H2,1H3,(H2,18,20). The zero-order valence-corrected chi connectivity index (χ0v) is 13.7. The van der Waals surface area contributed by atoms with Crippen molar-refractivity contribution in [3.63, 3.8) is 0 Å². The number of nitrogens with one attached hydrogen (secondary N) is 1. The van der Waals surface area contributed by atoms with Crippen LogP contribution in [0, 0.1) is 0 Å². The van der Waals surface area contributed by atoms with Gasteiger partial charge in [0, 0.05) is 18.8 Å². The minimum Gasteiger partial charge on any atom is -0.383 e. The molecule has 0 amide bonds. The Kier molecular flexibility index (Phi) is 4.75. The molecule has 0 atom stereocenters. The second-order valence-corrected chi connectivity index (χ2v) is 6.43. The molecule has 0 bridgehead atoms. The Morgan fingerprint density at radius 3 is 3.09 bits per heavy atom. The van der Waals surface area contributed by atoms with Gasteiger partial charge in [0.2, 0.25) is 0 Å². The van der Waals surface area contributed by atoms with Crippen molar-refractivity contribution in [2.24, 2.45) is 10.7 Å². The van der Waals surface area contributed by atoms with E-state index in [1.807, 2.05) is 24.6 Å². The summed E-state index contributed by atoms with van der Waals surface area (Å²) in [5.41, 5.74) is 9.75. The molecule has 0 saturated heterocycles. The lowest BCUT2D eigenvalue weighted by atomic mass is 10.1. The Balaban J connectivity index is 1.78. The highest BCUT2D eigenvalue weighted by molar-refractivity contribution is 7.12. The van der Waals surface area contributed by atoms with Crippen LogP contribution < -0.4 is 16.0 Å². The predicted molar refractivity (Wildman–Crippen MR) is 95.6 cm³/mol. The van der Waals surface area contributed by atoms with Gasteiger partial charge in [0.1, 0.15) is 5.84 Å². The molecule has 3 N–H and O–H groups in total. The van der Waals surface area contributed by atoms with E-state index in [0.29, 0.717) is 5.84 Å². The van der Waals surface area contributed by atoms with Gasteiger partial charge in [-0.05, 0) is 55.6 Å². The number of nitrogens with zero attached hydrogens (tertiary/aromatic N) is 2. The molecule has 3 rings (SSSR count). The van der Waals surface area contributed by atoms with Crippen LogP contribution in [0.25, 0.3) is 0 Å². The monoisotopic (exact) mass is 314 g/mol. The Morgan fingerprint density at radius 1 is 1.41 bits per heavy atom. The average Bonchev–Trinajstić information content (AvgIpc) is 3.17. The van der Waals surface area contributed by atoms with Crippen LogP contribution in [0.1, 0.15) is 16.9 Å². The smallest absolute Gasteiger partial charge is 0.141 e. The van der Waals surface area contributed by atoms with Crippen LogP contribution in [0.3, 0.4) is 0 Å². The first kappa shape index (κ1) is 15.1. The van der Waals surface area contributed by atoms with E-state index in [4.69, 9.17) is 5.73 Å². The lowest BCUT2D eigenvalue weighted by Gasteiger charge is -2.19. The van der Waals surface area contributed by atoms with Gasteiger partial charge in [0.05, 0.1) is 10.6 Å². The first-order valence-corrected chi connectivity index (χ1v) is 8.56. The number of amidine groups is 1. The van der Waals surface area contributed by atoms with E-state index in [1.165, 1.54) is 11.3 Å². The molecule has 1 aliphatic rings. The van der Waals surface area contributed by atoms with Crippen LogP contribution in [0.2, 0.25) is 0 Å². The maximum absolute atomic E-state index is 6.09. The van der Waals surface area contributed by atoms with E-state index in [0.717, 1.165) is 43.0 Å². The number of hydrogen-bond acceptors (Lipinski definition) is 4. The number of hydrogen-bond donors (Lipinski definition) is 2. The second kappa shape index (κ2) is 6.94. The summed E-state index contributed by atoms with van der Waals surface area (Å²) in [6.07, 6.45) is 2.28. The SMILES string of the molecule is CNCCCN1CCc2ccc(N=C(N)c3cccs3)cc21. The third-order valence-electron chi connectivity index (χ3n) is 3.94. The molecule has 5 heteroatoms. The van der Waals surface area contributed by atoms with Gasteiger partial charge in [-0.3, -0.25) is 0 Å². The molecule has 2 heterocycles. The van der Waals surface area contributed by atoms with Crippen LogP contribution in [-0.4, -0.2) is 32.5 Å². The van der Waals surface area contributed by atoms with Gasteiger partial charge in [-0.15, -0.1) is 11.3 Å². The predicted octanol–water partition coefficient (Wildman–Crippen LogP) is 2.76. The van der Waals surface area contributed by atoms with E-state index in [2.05, 4.69) is 33.4 Å². The fraction of sp³-hybridized carbons (Fsp3) is 0.353. The zero-order valence-electron chi connectivity index (χ0n) is 12.9. The van der Waals surface area contributed by atoms with Gasteiger partial charge >= 0.3 is 0 Å². The van der Waals surface area contributed by atoms with Crippen LogP contribution in [-0.2, 0) is 6.42 Å². The Labute approximate surface area is 135 Å². The number of rotatable bonds is 6. The second-order valence-electron chi connectivity index (χ2n) is 5.48. The topological polar surface area (TPSA) is 53.6 Å². The first-order chi connectivity index (χ1) is 10.8. The number of benzene rings is 1. The minimum absolute atomic E-state index is 0.592. The van der Waals surface area contributed by atoms with Crippen LogP contribution in [0.15, 0.2) is 40.7 Å². The largest absolute Gasteiger partial charge is 0.383 e. The van der Waals surface area contributed by atoms with Crippen LogP contribution >= 0.6 is 11.3 Å². The highest BCUT2D eigenvalue weighted by atomic mass is 32.1. The molecule has 4 nitrogen and oxygen atoms in total. The first-order valence-electron chi connectivity index (χ1n) is 7.68. The Hall–Kier alpha value is -1.85. The van der Waals surface area contributed by atoms with Gasteiger partial charge in [0.25, 0.3) is 0 Å². The van der Waals surface area contributed by atoms with Crippen molar-refractivity contribution < 1.29 is 0 Å². The summed E-state index contributed by atoms with van der Waals surface area (Å²) in [6, 6.07) is 10.4. The number of anilines is 1. The molecule has 0 fully saturated rings. The highest BCUT2D eigenvalue weighted by Crippen LogP contribution is 2.32. The number of nitrogens with two attached hydrogens (primary N) is 1. The van der Waals surface area contributed by atoms with Gasteiger partial charge in [-0.1, -0.05) is 12.1 Å². The summed E-state index contributed by atoms with van der Waals surface area (Å²) in [4.78, 5) is 8.05. The molecule has 22 heavy (non-hydrogen) atoms. The lowest BCUT2D eigenvalue weighted by molar-refractivity contribution is 0.696. The number of fused-ring (bicyclic) bond motifs is 1. The Bertz CT molecular complexity index is 649. The molecule has 2 aromatic rings. The van der Waals surface area contributed by atoms with E-state index in [9.17, 15) is 0 Å². The third-order valence-corrected chi connectivity index (χ3v) is 4.83. The molecule has 1 aromatic heterocycles. The van der Waals surface area contributed by atoms with Gasteiger partial charge in [0.15, 0.2) is 0 Å². The van der Waals surface area contributed by atoms with Crippen molar-refractivity contribution in [1.82, 2.24) is 5.32 Å². The number of thiophene rings is 1.